The Labute approximate surface area is 103 Å². The molecular weight excluding hydrogens is 236 g/mol. The van der Waals surface area contributed by atoms with Gasteiger partial charge in [-0.25, -0.2) is 18.4 Å². The van der Waals surface area contributed by atoms with Crippen LogP contribution in [0.25, 0.3) is 0 Å². The largest absolute Gasteiger partial charge is 0.241 e. The Morgan fingerprint density at radius 2 is 1.88 bits per heavy atom. The molecule has 96 valence electrons. The van der Waals surface area contributed by atoms with Crippen LogP contribution in [0.4, 0.5) is 0 Å². The lowest BCUT2D eigenvalue weighted by Crippen LogP contribution is -2.14. The summed E-state index contributed by atoms with van der Waals surface area (Å²) < 4.78 is 22.0. The molecule has 0 spiro atoms. The van der Waals surface area contributed by atoms with E-state index >= 15 is 0 Å². The van der Waals surface area contributed by atoms with Crippen LogP contribution in [0.1, 0.15) is 38.6 Å². The first kappa shape index (κ1) is 14.1. The Morgan fingerprint density at radius 3 is 2.41 bits per heavy atom. The summed E-state index contributed by atoms with van der Waals surface area (Å²) in [5.41, 5.74) is 1.89. The van der Waals surface area contributed by atoms with Crippen LogP contribution in [-0.2, 0) is 21.7 Å². The van der Waals surface area contributed by atoms with Crippen LogP contribution in [0.2, 0.25) is 0 Å². The van der Waals surface area contributed by atoms with Gasteiger partial charge in [-0.3, -0.25) is 0 Å². The van der Waals surface area contributed by atoms with Gasteiger partial charge in [-0.05, 0) is 18.9 Å². The lowest BCUT2D eigenvalue weighted by atomic mass is 9.91. The van der Waals surface area contributed by atoms with Crippen molar-refractivity contribution in [2.24, 2.45) is 0 Å². The molecule has 0 radical (unpaired) electrons. The number of aromatic nitrogens is 2. The molecule has 0 N–H and O–H groups in total. The number of nitrogens with zero attached hydrogens (tertiary/aromatic N) is 2. The van der Waals surface area contributed by atoms with Gasteiger partial charge in [-0.2, -0.15) is 0 Å². The molecule has 0 saturated heterocycles. The van der Waals surface area contributed by atoms with Crippen molar-refractivity contribution in [2.45, 2.75) is 39.0 Å². The maximum atomic E-state index is 11.0. The molecule has 0 atom stereocenters. The van der Waals surface area contributed by atoms with Crippen LogP contribution >= 0.6 is 0 Å². The first-order valence-corrected chi connectivity index (χ1v) is 7.74. The summed E-state index contributed by atoms with van der Waals surface area (Å²) in [5, 5.41) is 0. The van der Waals surface area contributed by atoms with Crippen LogP contribution in [0.3, 0.4) is 0 Å². The standard InChI is InChI=1S/C12H20N2O2S/c1-12(2,3)11-8-10(13-9-14-11)6-5-7-17(4,15)16/h8-9H,5-7H2,1-4H3. The molecule has 0 aromatic carbocycles. The normalized spacial score (nSPS) is 12.7. The fraction of sp³-hybridized carbons (Fsp3) is 0.667. The van der Waals surface area contributed by atoms with E-state index < -0.39 is 9.84 Å². The molecule has 1 aromatic heterocycles. The summed E-state index contributed by atoms with van der Waals surface area (Å²) in [7, 11) is -2.88. The minimum absolute atomic E-state index is 0.00543. The van der Waals surface area contributed by atoms with Crippen molar-refractivity contribution >= 4 is 9.84 Å². The Hall–Kier alpha value is -0.970. The molecule has 4 nitrogen and oxygen atoms in total. The van der Waals surface area contributed by atoms with Gasteiger partial charge in [0, 0.05) is 23.1 Å². The van der Waals surface area contributed by atoms with Crippen molar-refractivity contribution in [3.8, 4) is 0 Å². The summed E-state index contributed by atoms with van der Waals surface area (Å²) in [6, 6.07) is 1.96. The van der Waals surface area contributed by atoms with E-state index in [4.69, 9.17) is 0 Å². The molecule has 1 rings (SSSR count). The number of hydrogen-bond donors (Lipinski definition) is 0. The Kier molecular flexibility index (Phi) is 4.25. The molecule has 0 bridgehead atoms. The molecule has 0 unspecified atom stereocenters. The van der Waals surface area contributed by atoms with Crippen molar-refractivity contribution in [3.05, 3.63) is 23.8 Å². The van der Waals surface area contributed by atoms with Crippen LogP contribution in [0.5, 0.6) is 0 Å². The molecule has 1 heterocycles. The number of rotatable bonds is 4. The average Bonchev–Trinajstić information content (AvgIpc) is 2.15. The molecule has 0 amide bonds. The molecule has 0 aliphatic carbocycles. The predicted octanol–water partition coefficient (Wildman–Crippen LogP) is 1.75. The second kappa shape index (κ2) is 5.12. The highest BCUT2D eigenvalue weighted by Gasteiger charge is 2.15. The summed E-state index contributed by atoms with van der Waals surface area (Å²) in [6.07, 6.45) is 4.10. The number of hydrogen-bond acceptors (Lipinski definition) is 4. The minimum atomic E-state index is -2.88. The molecule has 5 heteroatoms. The highest BCUT2D eigenvalue weighted by Crippen LogP contribution is 2.19. The van der Waals surface area contributed by atoms with Gasteiger partial charge < -0.3 is 0 Å². The second-order valence-electron chi connectivity index (χ2n) is 5.38. The van der Waals surface area contributed by atoms with Crippen LogP contribution in [0.15, 0.2) is 12.4 Å². The molecule has 1 aromatic rings. The van der Waals surface area contributed by atoms with Crippen molar-refractivity contribution in [1.29, 1.82) is 0 Å². The third-order valence-electron chi connectivity index (χ3n) is 2.44. The topological polar surface area (TPSA) is 59.9 Å². The van der Waals surface area contributed by atoms with E-state index in [0.29, 0.717) is 12.8 Å². The zero-order chi connectivity index (χ0) is 13.1. The van der Waals surface area contributed by atoms with Gasteiger partial charge >= 0.3 is 0 Å². The average molecular weight is 256 g/mol. The Balaban J connectivity index is 2.67. The highest BCUT2D eigenvalue weighted by molar-refractivity contribution is 7.90. The molecule has 17 heavy (non-hydrogen) atoms. The zero-order valence-electron chi connectivity index (χ0n) is 10.9. The van der Waals surface area contributed by atoms with Crippen molar-refractivity contribution < 1.29 is 8.42 Å². The molecule has 0 saturated carbocycles. The lowest BCUT2D eigenvalue weighted by Gasteiger charge is -2.17. The van der Waals surface area contributed by atoms with Gasteiger partial charge in [0.15, 0.2) is 0 Å². The van der Waals surface area contributed by atoms with E-state index in [0.717, 1.165) is 11.4 Å². The van der Waals surface area contributed by atoms with Crippen molar-refractivity contribution in [3.63, 3.8) is 0 Å². The smallest absolute Gasteiger partial charge is 0.147 e. The van der Waals surface area contributed by atoms with E-state index in [9.17, 15) is 8.42 Å². The summed E-state index contributed by atoms with van der Waals surface area (Å²) in [5.74, 6) is 0.210. The molecule has 0 fully saturated rings. The molecule has 0 aliphatic rings. The van der Waals surface area contributed by atoms with Gasteiger partial charge in [-0.1, -0.05) is 20.8 Å². The van der Waals surface area contributed by atoms with Gasteiger partial charge in [0.2, 0.25) is 0 Å². The van der Waals surface area contributed by atoms with E-state index in [2.05, 4.69) is 30.7 Å². The fourth-order valence-corrected chi connectivity index (χ4v) is 2.13. The second-order valence-corrected chi connectivity index (χ2v) is 7.64. The first-order valence-electron chi connectivity index (χ1n) is 5.67. The van der Waals surface area contributed by atoms with E-state index in [-0.39, 0.29) is 11.2 Å². The van der Waals surface area contributed by atoms with E-state index in [1.54, 1.807) is 6.33 Å². The van der Waals surface area contributed by atoms with Gasteiger partial charge in [-0.15, -0.1) is 0 Å². The fourth-order valence-electron chi connectivity index (χ4n) is 1.46. The highest BCUT2D eigenvalue weighted by atomic mass is 32.2. The van der Waals surface area contributed by atoms with Crippen LogP contribution < -0.4 is 0 Å². The Morgan fingerprint density at radius 1 is 1.24 bits per heavy atom. The molecular formula is C12H20N2O2S. The maximum absolute atomic E-state index is 11.0. The quantitative estimate of drug-likeness (QED) is 0.823. The SMILES string of the molecule is CC(C)(C)c1cc(CCCS(C)(=O)=O)ncn1. The zero-order valence-corrected chi connectivity index (χ0v) is 11.7. The lowest BCUT2D eigenvalue weighted by molar-refractivity contribution is 0.564. The predicted molar refractivity (Wildman–Crippen MR) is 68.8 cm³/mol. The summed E-state index contributed by atoms with van der Waals surface area (Å²) in [4.78, 5) is 8.40. The third-order valence-corrected chi connectivity index (χ3v) is 3.47. The summed E-state index contributed by atoms with van der Waals surface area (Å²) >= 11 is 0. The van der Waals surface area contributed by atoms with Gasteiger partial charge in [0.1, 0.15) is 16.2 Å². The minimum Gasteiger partial charge on any atom is -0.241 e. The maximum Gasteiger partial charge on any atom is 0.147 e. The van der Waals surface area contributed by atoms with Crippen molar-refractivity contribution in [1.82, 2.24) is 9.97 Å². The van der Waals surface area contributed by atoms with Gasteiger partial charge in [0.05, 0.1) is 5.75 Å². The van der Waals surface area contributed by atoms with E-state index in [1.165, 1.54) is 6.26 Å². The van der Waals surface area contributed by atoms with Crippen LogP contribution in [0, 0.1) is 0 Å². The van der Waals surface area contributed by atoms with Crippen molar-refractivity contribution in [2.75, 3.05) is 12.0 Å². The van der Waals surface area contributed by atoms with Gasteiger partial charge in [0.25, 0.3) is 0 Å². The summed E-state index contributed by atoms with van der Waals surface area (Å²) in [6.45, 7) is 6.28. The monoisotopic (exact) mass is 256 g/mol. The third kappa shape index (κ3) is 5.26. The first-order chi connectivity index (χ1) is 7.68. The number of sulfone groups is 1. The number of aryl methyl sites for hydroxylation is 1. The van der Waals surface area contributed by atoms with E-state index in [1.807, 2.05) is 6.07 Å². The molecule has 0 aliphatic heterocycles. The van der Waals surface area contributed by atoms with Crippen LogP contribution in [-0.4, -0.2) is 30.4 Å². The Bertz CT molecular complexity index is 476.